The van der Waals surface area contributed by atoms with Crippen molar-refractivity contribution in [2.24, 2.45) is 4.99 Å². The predicted octanol–water partition coefficient (Wildman–Crippen LogP) is 4.42. The van der Waals surface area contributed by atoms with Crippen LogP contribution in [0.1, 0.15) is 67.6 Å². The number of nitrogens with zero attached hydrogens (tertiary/aromatic N) is 4. The summed E-state index contributed by atoms with van der Waals surface area (Å²) in [5.41, 5.74) is 3.86. The van der Waals surface area contributed by atoms with Gasteiger partial charge >= 0.3 is 0 Å². The van der Waals surface area contributed by atoms with Gasteiger partial charge in [-0.2, -0.15) is 0 Å². The van der Waals surface area contributed by atoms with E-state index in [-0.39, 0.29) is 0 Å². The van der Waals surface area contributed by atoms with Crippen LogP contribution in [-0.4, -0.2) is 40.1 Å². The highest BCUT2D eigenvalue weighted by atomic mass is 32.2. The minimum Gasteiger partial charge on any atom is -0.357 e. The van der Waals surface area contributed by atoms with Crippen molar-refractivity contribution in [3.63, 3.8) is 0 Å². The first-order chi connectivity index (χ1) is 14.6. The zero-order valence-corrected chi connectivity index (χ0v) is 19.7. The molecule has 0 spiro atoms. The largest absolute Gasteiger partial charge is 0.357 e. The summed E-state index contributed by atoms with van der Waals surface area (Å²) in [6.45, 7) is 8.79. The summed E-state index contributed by atoms with van der Waals surface area (Å²) >= 11 is 1.70. The van der Waals surface area contributed by atoms with Crippen molar-refractivity contribution >= 4 is 17.7 Å². The van der Waals surface area contributed by atoms with Crippen LogP contribution >= 0.6 is 11.8 Å². The molecule has 0 radical (unpaired) electrons. The Morgan fingerprint density at radius 2 is 2.00 bits per heavy atom. The lowest BCUT2D eigenvalue weighted by atomic mass is 10.1. The zero-order chi connectivity index (χ0) is 21.3. The van der Waals surface area contributed by atoms with E-state index < -0.39 is 0 Å². The van der Waals surface area contributed by atoms with E-state index in [2.05, 4.69) is 70.6 Å². The average Bonchev–Trinajstić information content (AvgIpc) is 3.39. The predicted molar refractivity (Wildman–Crippen MR) is 126 cm³/mol. The fourth-order valence-corrected chi connectivity index (χ4v) is 4.70. The lowest BCUT2D eigenvalue weighted by Crippen LogP contribution is -2.38. The third-order valence-corrected chi connectivity index (χ3v) is 6.37. The first kappa shape index (κ1) is 22.7. The van der Waals surface area contributed by atoms with Crippen LogP contribution in [0.15, 0.2) is 28.3 Å². The second-order valence-electron chi connectivity index (χ2n) is 8.07. The van der Waals surface area contributed by atoms with Gasteiger partial charge in [-0.25, -0.2) is 4.99 Å². The SMILES string of the molecule is CCNC(=NCc1ccc(C)cc1C)NCCCc1nnc(SC)n1C1CCCC1. The number of benzene rings is 1. The summed E-state index contributed by atoms with van der Waals surface area (Å²) in [6.07, 6.45) is 9.19. The van der Waals surface area contributed by atoms with Gasteiger partial charge in [0.2, 0.25) is 0 Å². The normalized spacial score (nSPS) is 15.0. The summed E-state index contributed by atoms with van der Waals surface area (Å²) < 4.78 is 2.40. The lowest BCUT2D eigenvalue weighted by molar-refractivity contribution is 0.460. The molecule has 0 amide bonds. The molecule has 1 heterocycles. The smallest absolute Gasteiger partial charge is 0.191 e. The van der Waals surface area contributed by atoms with E-state index in [4.69, 9.17) is 4.99 Å². The number of hydrogen-bond acceptors (Lipinski definition) is 4. The van der Waals surface area contributed by atoms with Crippen LogP contribution in [0, 0.1) is 13.8 Å². The van der Waals surface area contributed by atoms with Crippen molar-refractivity contribution in [1.29, 1.82) is 0 Å². The van der Waals surface area contributed by atoms with Crippen molar-refractivity contribution in [1.82, 2.24) is 25.4 Å². The molecule has 0 unspecified atom stereocenters. The maximum absolute atomic E-state index is 4.77. The summed E-state index contributed by atoms with van der Waals surface area (Å²) in [5, 5.41) is 16.8. The molecule has 1 aromatic heterocycles. The Labute approximate surface area is 185 Å². The number of hydrogen-bond donors (Lipinski definition) is 2. The average molecular weight is 429 g/mol. The number of thioether (sulfide) groups is 1. The van der Waals surface area contributed by atoms with Crippen molar-refractivity contribution < 1.29 is 0 Å². The molecule has 0 bridgehead atoms. The molecule has 1 saturated carbocycles. The van der Waals surface area contributed by atoms with Crippen molar-refractivity contribution in [3.05, 3.63) is 40.7 Å². The van der Waals surface area contributed by atoms with E-state index in [9.17, 15) is 0 Å². The third-order valence-electron chi connectivity index (χ3n) is 5.73. The van der Waals surface area contributed by atoms with E-state index in [1.165, 1.54) is 42.4 Å². The van der Waals surface area contributed by atoms with E-state index in [0.717, 1.165) is 42.9 Å². The van der Waals surface area contributed by atoms with Gasteiger partial charge in [-0.15, -0.1) is 10.2 Å². The highest BCUT2D eigenvalue weighted by Crippen LogP contribution is 2.33. The van der Waals surface area contributed by atoms with Crippen molar-refractivity contribution in [2.75, 3.05) is 19.3 Å². The molecule has 3 rings (SSSR count). The van der Waals surface area contributed by atoms with Crippen LogP contribution in [0.5, 0.6) is 0 Å². The molecule has 30 heavy (non-hydrogen) atoms. The van der Waals surface area contributed by atoms with Gasteiger partial charge in [-0.05, 0) is 57.4 Å². The number of aliphatic imine (C=N–C) groups is 1. The molecule has 0 atom stereocenters. The molecule has 0 saturated heterocycles. The molecule has 2 aromatic rings. The molecule has 7 heteroatoms. The van der Waals surface area contributed by atoms with E-state index >= 15 is 0 Å². The van der Waals surface area contributed by atoms with Gasteiger partial charge in [0.15, 0.2) is 11.1 Å². The van der Waals surface area contributed by atoms with Gasteiger partial charge in [-0.3, -0.25) is 0 Å². The van der Waals surface area contributed by atoms with Gasteiger partial charge in [0.25, 0.3) is 0 Å². The maximum Gasteiger partial charge on any atom is 0.191 e. The quantitative estimate of drug-likeness (QED) is 0.268. The summed E-state index contributed by atoms with van der Waals surface area (Å²) in [4.78, 5) is 4.77. The number of aromatic nitrogens is 3. The Bertz CT molecular complexity index is 838. The Balaban J connectivity index is 1.54. The first-order valence-electron chi connectivity index (χ1n) is 11.2. The van der Waals surface area contributed by atoms with Gasteiger partial charge in [0, 0.05) is 25.6 Å². The number of aryl methyl sites for hydroxylation is 3. The number of guanidine groups is 1. The highest BCUT2D eigenvalue weighted by molar-refractivity contribution is 7.98. The van der Waals surface area contributed by atoms with Crippen LogP contribution < -0.4 is 10.6 Å². The van der Waals surface area contributed by atoms with E-state index in [1.807, 2.05) is 0 Å². The molecule has 1 aliphatic carbocycles. The minimum atomic E-state index is 0.585. The van der Waals surface area contributed by atoms with Crippen LogP contribution in [0.4, 0.5) is 0 Å². The molecular formula is C23H36N6S. The fraction of sp³-hybridized carbons (Fsp3) is 0.609. The summed E-state index contributed by atoms with van der Waals surface area (Å²) in [6, 6.07) is 7.13. The second kappa shape index (κ2) is 11.4. The molecule has 1 aliphatic rings. The van der Waals surface area contributed by atoms with Crippen molar-refractivity contribution in [2.45, 2.75) is 77.0 Å². The number of rotatable bonds is 9. The Hall–Kier alpha value is -2.02. The molecule has 0 aliphatic heterocycles. The molecule has 1 fully saturated rings. The molecule has 1 aromatic carbocycles. The van der Waals surface area contributed by atoms with Gasteiger partial charge in [0.05, 0.1) is 6.54 Å². The molecular weight excluding hydrogens is 392 g/mol. The molecule has 2 N–H and O–H groups in total. The Morgan fingerprint density at radius 1 is 1.20 bits per heavy atom. The highest BCUT2D eigenvalue weighted by Gasteiger charge is 2.23. The van der Waals surface area contributed by atoms with Crippen LogP contribution in [0.2, 0.25) is 0 Å². The van der Waals surface area contributed by atoms with Crippen molar-refractivity contribution in [3.8, 4) is 0 Å². The Morgan fingerprint density at radius 3 is 2.70 bits per heavy atom. The second-order valence-corrected chi connectivity index (χ2v) is 8.84. The van der Waals surface area contributed by atoms with Crippen LogP contribution in [-0.2, 0) is 13.0 Å². The van der Waals surface area contributed by atoms with E-state index in [1.54, 1.807) is 11.8 Å². The summed E-state index contributed by atoms with van der Waals surface area (Å²) in [5.74, 6) is 2.00. The van der Waals surface area contributed by atoms with Gasteiger partial charge in [0.1, 0.15) is 5.82 Å². The van der Waals surface area contributed by atoms with E-state index in [0.29, 0.717) is 12.6 Å². The molecule has 164 valence electrons. The monoisotopic (exact) mass is 428 g/mol. The summed E-state index contributed by atoms with van der Waals surface area (Å²) in [7, 11) is 0. The molecule has 6 nitrogen and oxygen atoms in total. The van der Waals surface area contributed by atoms with Crippen LogP contribution in [0.25, 0.3) is 0 Å². The van der Waals surface area contributed by atoms with Gasteiger partial charge < -0.3 is 15.2 Å². The zero-order valence-electron chi connectivity index (χ0n) is 18.9. The van der Waals surface area contributed by atoms with Crippen LogP contribution in [0.3, 0.4) is 0 Å². The third kappa shape index (κ3) is 6.00. The minimum absolute atomic E-state index is 0.585. The standard InChI is InChI=1S/C23H36N6S/c1-5-24-22(26-16-19-13-12-17(2)15-18(19)3)25-14-8-11-21-27-28-23(30-4)29(21)20-9-6-7-10-20/h12-13,15,20H,5-11,14,16H2,1-4H3,(H2,24,25,26). The first-order valence-corrected chi connectivity index (χ1v) is 12.4. The maximum atomic E-state index is 4.77. The Kier molecular flexibility index (Phi) is 8.61. The van der Waals surface area contributed by atoms with Gasteiger partial charge in [-0.1, -0.05) is 48.4 Å². The number of nitrogens with one attached hydrogen (secondary N) is 2. The topological polar surface area (TPSA) is 67.1 Å². The fourth-order valence-electron chi connectivity index (χ4n) is 4.13. The lowest BCUT2D eigenvalue weighted by Gasteiger charge is -2.16.